The number of benzene rings is 1. The molecule has 0 aromatic heterocycles. The maximum absolute atomic E-state index is 5.65. The molecule has 2 nitrogen and oxygen atoms in total. The fourth-order valence-corrected chi connectivity index (χ4v) is 1.66. The molecular weight excluding hydrogens is 242 g/mol. The van der Waals surface area contributed by atoms with Crippen LogP contribution in [0.25, 0.3) is 0 Å². The van der Waals surface area contributed by atoms with Crippen molar-refractivity contribution in [3.05, 3.63) is 34.3 Å². The highest BCUT2D eigenvalue weighted by Gasteiger charge is 2.06. The van der Waals surface area contributed by atoms with Crippen molar-refractivity contribution >= 4 is 15.9 Å². The first kappa shape index (κ1) is 11.7. The molecule has 1 unspecified atom stereocenters. The van der Waals surface area contributed by atoms with Gasteiger partial charge in [0.2, 0.25) is 0 Å². The first-order valence-electron chi connectivity index (χ1n) is 4.69. The van der Waals surface area contributed by atoms with E-state index < -0.39 is 0 Å². The third kappa shape index (κ3) is 3.78. The molecule has 0 amide bonds. The average Bonchev–Trinajstić information content (AvgIpc) is 2.20. The van der Waals surface area contributed by atoms with Gasteiger partial charge in [0, 0.05) is 11.6 Å². The maximum Gasteiger partial charge on any atom is 0.0505 e. The van der Waals surface area contributed by atoms with Gasteiger partial charge in [-0.1, -0.05) is 28.1 Å². The summed E-state index contributed by atoms with van der Waals surface area (Å²) in [6.45, 7) is 1.40. The van der Waals surface area contributed by atoms with Crippen LogP contribution in [-0.2, 0) is 11.2 Å². The van der Waals surface area contributed by atoms with E-state index in [0.717, 1.165) is 17.5 Å². The van der Waals surface area contributed by atoms with E-state index in [1.54, 1.807) is 7.11 Å². The summed E-state index contributed by atoms with van der Waals surface area (Å²) in [5, 5.41) is 0. The molecule has 0 saturated heterocycles. The van der Waals surface area contributed by atoms with Gasteiger partial charge in [0.05, 0.1) is 6.61 Å². The van der Waals surface area contributed by atoms with Gasteiger partial charge in [-0.3, -0.25) is 0 Å². The lowest BCUT2D eigenvalue weighted by atomic mass is 10.0. The Balaban J connectivity index is 2.53. The summed E-state index contributed by atoms with van der Waals surface area (Å²) < 4.78 is 6.21. The van der Waals surface area contributed by atoms with E-state index in [4.69, 9.17) is 10.5 Å². The zero-order valence-electron chi connectivity index (χ0n) is 8.37. The first-order valence-corrected chi connectivity index (χ1v) is 5.49. The monoisotopic (exact) mass is 257 g/mol. The average molecular weight is 258 g/mol. The molecule has 0 aliphatic heterocycles. The van der Waals surface area contributed by atoms with Crippen LogP contribution < -0.4 is 5.73 Å². The lowest BCUT2D eigenvalue weighted by molar-refractivity contribution is 0.155. The molecule has 0 aliphatic carbocycles. The molecule has 2 N–H and O–H groups in total. The highest BCUT2D eigenvalue weighted by Crippen LogP contribution is 2.13. The molecule has 0 heterocycles. The largest absolute Gasteiger partial charge is 0.384 e. The minimum atomic E-state index is 0.418. The number of rotatable bonds is 5. The number of nitrogens with two attached hydrogens (primary N) is 1. The highest BCUT2D eigenvalue weighted by atomic mass is 79.9. The van der Waals surface area contributed by atoms with Crippen molar-refractivity contribution in [2.24, 2.45) is 11.7 Å². The van der Waals surface area contributed by atoms with Crippen molar-refractivity contribution in [2.45, 2.75) is 6.42 Å². The molecule has 0 saturated carbocycles. The van der Waals surface area contributed by atoms with Gasteiger partial charge in [0.1, 0.15) is 0 Å². The van der Waals surface area contributed by atoms with Crippen LogP contribution in [-0.4, -0.2) is 20.3 Å². The second kappa shape index (κ2) is 6.17. The molecule has 1 aromatic rings. The highest BCUT2D eigenvalue weighted by molar-refractivity contribution is 9.10. The summed E-state index contributed by atoms with van der Waals surface area (Å²) >= 11 is 3.41. The van der Waals surface area contributed by atoms with Crippen LogP contribution in [0.1, 0.15) is 5.56 Å². The Morgan fingerprint density at radius 1 is 1.36 bits per heavy atom. The number of hydrogen-bond donors (Lipinski definition) is 1. The Bertz CT molecular complexity index is 260. The van der Waals surface area contributed by atoms with E-state index in [-0.39, 0.29) is 0 Å². The van der Waals surface area contributed by atoms with E-state index in [2.05, 4.69) is 40.2 Å². The van der Waals surface area contributed by atoms with Gasteiger partial charge < -0.3 is 10.5 Å². The van der Waals surface area contributed by atoms with Crippen LogP contribution in [0.2, 0.25) is 0 Å². The van der Waals surface area contributed by atoms with Crippen LogP contribution in [0.4, 0.5) is 0 Å². The van der Waals surface area contributed by atoms with E-state index in [1.165, 1.54) is 5.56 Å². The Morgan fingerprint density at radius 3 is 2.50 bits per heavy atom. The molecule has 3 heteroatoms. The normalized spacial score (nSPS) is 12.8. The van der Waals surface area contributed by atoms with Gasteiger partial charge in [0.25, 0.3) is 0 Å². The van der Waals surface area contributed by atoms with Crippen LogP contribution in [0.15, 0.2) is 28.7 Å². The minimum Gasteiger partial charge on any atom is -0.384 e. The molecule has 1 aromatic carbocycles. The van der Waals surface area contributed by atoms with Crippen molar-refractivity contribution in [3.63, 3.8) is 0 Å². The molecule has 0 radical (unpaired) electrons. The van der Waals surface area contributed by atoms with Crippen LogP contribution in [0.3, 0.4) is 0 Å². The molecule has 78 valence electrons. The molecule has 1 atom stereocenters. The number of ether oxygens (including phenoxy) is 1. The van der Waals surface area contributed by atoms with Crippen LogP contribution in [0, 0.1) is 5.92 Å². The van der Waals surface area contributed by atoms with Crippen molar-refractivity contribution in [1.29, 1.82) is 0 Å². The Kier molecular flexibility index (Phi) is 5.15. The van der Waals surface area contributed by atoms with Crippen LogP contribution >= 0.6 is 15.9 Å². The van der Waals surface area contributed by atoms with Gasteiger partial charge in [0.15, 0.2) is 0 Å². The zero-order valence-corrected chi connectivity index (χ0v) is 9.96. The van der Waals surface area contributed by atoms with Gasteiger partial charge in [-0.25, -0.2) is 0 Å². The lowest BCUT2D eigenvalue weighted by Crippen LogP contribution is -2.21. The fraction of sp³-hybridized carbons (Fsp3) is 0.455. The predicted molar refractivity (Wildman–Crippen MR) is 62.3 cm³/mol. The first-order chi connectivity index (χ1) is 6.76. The molecule has 0 bridgehead atoms. The smallest absolute Gasteiger partial charge is 0.0505 e. The lowest BCUT2D eigenvalue weighted by Gasteiger charge is -2.13. The summed E-state index contributed by atoms with van der Waals surface area (Å²) in [6.07, 6.45) is 0.984. The molecule has 14 heavy (non-hydrogen) atoms. The number of methoxy groups -OCH3 is 1. The Morgan fingerprint density at radius 2 is 2.00 bits per heavy atom. The van der Waals surface area contributed by atoms with Crippen LogP contribution in [0.5, 0.6) is 0 Å². The predicted octanol–water partition coefficient (Wildman–Crippen LogP) is 2.21. The summed E-state index contributed by atoms with van der Waals surface area (Å²) in [6, 6.07) is 8.33. The molecule has 0 spiro atoms. The quantitative estimate of drug-likeness (QED) is 0.878. The van der Waals surface area contributed by atoms with Crippen molar-refractivity contribution in [3.8, 4) is 0 Å². The summed E-state index contributed by atoms with van der Waals surface area (Å²) in [5.41, 5.74) is 6.95. The maximum atomic E-state index is 5.65. The van der Waals surface area contributed by atoms with Gasteiger partial charge >= 0.3 is 0 Å². The SMILES string of the molecule is COCC(CN)Cc1ccc(Br)cc1. The molecule has 0 aliphatic rings. The molecule has 1 rings (SSSR count). The number of halogens is 1. The van der Waals surface area contributed by atoms with Gasteiger partial charge in [-0.2, -0.15) is 0 Å². The second-order valence-corrected chi connectivity index (χ2v) is 4.30. The number of hydrogen-bond acceptors (Lipinski definition) is 2. The summed E-state index contributed by atoms with van der Waals surface area (Å²) in [4.78, 5) is 0. The topological polar surface area (TPSA) is 35.2 Å². The Hall–Kier alpha value is -0.380. The minimum absolute atomic E-state index is 0.418. The van der Waals surface area contributed by atoms with E-state index in [0.29, 0.717) is 12.5 Å². The van der Waals surface area contributed by atoms with Crippen molar-refractivity contribution < 1.29 is 4.74 Å². The summed E-state index contributed by atoms with van der Waals surface area (Å²) in [5.74, 6) is 0.418. The van der Waals surface area contributed by atoms with Crippen molar-refractivity contribution in [1.82, 2.24) is 0 Å². The molecular formula is C11H16BrNO. The third-order valence-electron chi connectivity index (χ3n) is 2.17. The van der Waals surface area contributed by atoms with E-state index in [9.17, 15) is 0 Å². The van der Waals surface area contributed by atoms with Crippen molar-refractivity contribution in [2.75, 3.05) is 20.3 Å². The van der Waals surface area contributed by atoms with E-state index in [1.807, 2.05) is 0 Å². The summed E-state index contributed by atoms with van der Waals surface area (Å²) in [7, 11) is 1.71. The third-order valence-corrected chi connectivity index (χ3v) is 2.70. The molecule has 0 fully saturated rings. The standard InChI is InChI=1S/C11H16BrNO/c1-14-8-10(7-13)6-9-2-4-11(12)5-3-9/h2-5,10H,6-8,13H2,1H3. The fourth-order valence-electron chi connectivity index (χ4n) is 1.40. The van der Waals surface area contributed by atoms with Gasteiger partial charge in [-0.05, 0) is 36.6 Å². The second-order valence-electron chi connectivity index (χ2n) is 3.39. The zero-order chi connectivity index (χ0) is 10.4. The van der Waals surface area contributed by atoms with E-state index >= 15 is 0 Å². The Labute approximate surface area is 93.6 Å². The van der Waals surface area contributed by atoms with Gasteiger partial charge in [-0.15, -0.1) is 0 Å².